The number of nitrogens with zero attached hydrogens (tertiary/aromatic N) is 2. The van der Waals surface area contributed by atoms with Crippen molar-refractivity contribution in [1.82, 2.24) is 0 Å². The first kappa shape index (κ1) is 18.3. The Labute approximate surface area is 157 Å². The fraction of sp³-hybridized carbons (Fsp3) is 0.333. The largest absolute Gasteiger partial charge is 0.212 e. The van der Waals surface area contributed by atoms with Gasteiger partial charge >= 0.3 is 0 Å². The van der Waals surface area contributed by atoms with Crippen LogP contribution in [0.4, 0.5) is 0 Å². The predicted molar refractivity (Wildman–Crippen MR) is 108 cm³/mol. The van der Waals surface area contributed by atoms with Crippen LogP contribution in [0.3, 0.4) is 0 Å². The van der Waals surface area contributed by atoms with Crippen LogP contribution in [0, 0.1) is 20.8 Å². The second kappa shape index (κ2) is 7.03. The molecule has 2 nitrogen and oxygen atoms in total. The highest BCUT2D eigenvalue weighted by Gasteiger charge is 2.23. The average Bonchev–Trinajstić information content (AvgIpc) is 2.57. The van der Waals surface area contributed by atoms with E-state index in [1.807, 2.05) is 0 Å². The first-order valence-electron chi connectivity index (χ1n) is 9.37. The summed E-state index contributed by atoms with van der Waals surface area (Å²) in [4.78, 5) is 0. The molecular formula is C24H30N2+2. The third kappa shape index (κ3) is 3.16. The number of aryl methyl sites for hydroxylation is 4. The maximum Gasteiger partial charge on any atom is 0.212 e. The van der Waals surface area contributed by atoms with Crippen LogP contribution in [0.15, 0.2) is 48.8 Å². The van der Waals surface area contributed by atoms with Gasteiger partial charge in [-0.05, 0) is 55.5 Å². The number of hydrogen-bond donors (Lipinski definition) is 0. The smallest absolute Gasteiger partial charge is 0.201 e. The Bertz CT molecular complexity index is 968. The number of benzene rings is 1. The number of aromatic nitrogens is 2. The standard InChI is InChI=1S/C24H30N2/c1-16(2)20-11-12-22(26(7)15-20)24-18(4)14-17(3)23(19(24)5)21-10-8-9-13-25(21)6/h8-16H,1-7H3/q+2. The highest BCUT2D eigenvalue weighted by atomic mass is 14.9. The zero-order valence-electron chi connectivity index (χ0n) is 17.1. The molecule has 2 heteroatoms. The Hall–Kier alpha value is -2.48. The minimum absolute atomic E-state index is 0.536. The fourth-order valence-corrected chi connectivity index (χ4v) is 3.99. The third-order valence-electron chi connectivity index (χ3n) is 5.36. The van der Waals surface area contributed by atoms with Crippen molar-refractivity contribution in [3.05, 3.63) is 71.0 Å². The van der Waals surface area contributed by atoms with Gasteiger partial charge < -0.3 is 0 Å². The number of pyridine rings is 2. The maximum absolute atomic E-state index is 2.32. The van der Waals surface area contributed by atoms with E-state index in [9.17, 15) is 0 Å². The van der Waals surface area contributed by atoms with Gasteiger partial charge in [-0.15, -0.1) is 0 Å². The first-order chi connectivity index (χ1) is 12.3. The molecule has 2 aromatic heterocycles. The van der Waals surface area contributed by atoms with Gasteiger partial charge in [-0.2, -0.15) is 0 Å². The summed E-state index contributed by atoms with van der Waals surface area (Å²) in [6.07, 6.45) is 4.38. The van der Waals surface area contributed by atoms with Crippen molar-refractivity contribution in [3.8, 4) is 22.5 Å². The van der Waals surface area contributed by atoms with Crippen LogP contribution in [0.5, 0.6) is 0 Å². The molecule has 0 amide bonds. The van der Waals surface area contributed by atoms with Crippen LogP contribution in [0.2, 0.25) is 0 Å². The lowest BCUT2D eigenvalue weighted by molar-refractivity contribution is -0.661. The molecule has 0 unspecified atom stereocenters. The molecule has 0 aliphatic heterocycles. The van der Waals surface area contributed by atoms with E-state index in [-0.39, 0.29) is 0 Å². The molecule has 0 aliphatic rings. The van der Waals surface area contributed by atoms with Crippen molar-refractivity contribution >= 4 is 0 Å². The summed E-state index contributed by atoms with van der Waals surface area (Å²) >= 11 is 0. The molecule has 134 valence electrons. The van der Waals surface area contributed by atoms with E-state index in [0.717, 1.165) is 0 Å². The summed E-state index contributed by atoms with van der Waals surface area (Å²) in [6, 6.07) is 13.3. The molecule has 0 aliphatic carbocycles. The molecule has 0 radical (unpaired) electrons. The zero-order valence-corrected chi connectivity index (χ0v) is 17.1. The number of hydrogen-bond acceptors (Lipinski definition) is 0. The molecule has 3 rings (SSSR count). The van der Waals surface area contributed by atoms with Crippen molar-refractivity contribution in [2.45, 2.75) is 40.5 Å². The quantitative estimate of drug-likeness (QED) is 0.606. The van der Waals surface area contributed by atoms with Gasteiger partial charge in [0.25, 0.3) is 0 Å². The molecule has 0 fully saturated rings. The fourth-order valence-electron chi connectivity index (χ4n) is 3.99. The van der Waals surface area contributed by atoms with Crippen LogP contribution < -0.4 is 9.13 Å². The summed E-state index contributed by atoms with van der Waals surface area (Å²) < 4.78 is 4.48. The van der Waals surface area contributed by atoms with Crippen molar-refractivity contribution in [3.63, 3.8) is 0 Å². The van der Waals surface area contributed by atoms with Gasteiger partial charge in [0, 0.05) is 23.8 Å². The molecule has 0 spiro atoms. The lowest BCUT2D eigenvalue weighted by Crippen LogP contribution is -2.32. The maximum atomic E-state index is 2.32. The average molecular weight is 347 g/mol. The first-order valence-corrected chi connectivity index (χ1v) is 9.37. The Kier molecular flexibility index (Phi) is 4.95. The molecule has 0 N–H and O–H groups in total. The third-order valence-corrected chi connectivity index (χ3v) is 5.36. The van der Waals surface area contributed by atoms with Crippen LogP contribution in [-0.2, 0) is 14.1 Å². The van der Waals surface area contributed by atoms with E-state index in [1.165, 1.54) is 44.8 Å². The van der Waals surface area contributed by atoms with E-state index < -0.39 is 0 Å². The Balaban J connectivity index is 2.27. The summed E-state index contributed by atoms with van der Waals surface area (Å²) in [6.45, 7) is 11.2. The molecule has 1 aromatic carbocycles. The zero-order chi connectivity index (χ0) is 19.0. The van der Waals surface area contributed by atoms with Gasteiger partial charge in [0.15, 0.2) is 12.4 Å². The highest BCUT2D eigenvalue weighted by Crippen LogP contribution is 2.34. The van der Waals surface area contributed by atoms with Crippen LogP contribution in [0.1, 0.15) is 42.0 Å². The minimum atomic E-state index is 0.536. The van der Waals surface area contributed by atoms with Crippen molar-refractivity contribution in [2.24, 2.45) is 14.1 Å². The molecule has 2 heterocycles. The van der Waals surface area contributed by atoms with Gasteiger partial charge in [-0.1, -0.05) is 19.9 Å². The lowest BCUT2D eigenvalue weighted by Gasteiger charge is -2.15. The molecule has 0 atom stereocenters. The van der Waals surface area contributed by atoms with Crippen LogP contribution in [-0.4, -0.2) is 0 Å². The van der Waals surface area contributed by atoms with Gasteiger partial charge in [-0.3, -0.25) is 0 Å². The van der Waals surface area contributed by atoms with Crippen LogP contribution >= 0.6 is 0 Å². The van der Waals surface area contributed by atoms with Gasteiger partial charge in [0.05, 0.1) is 11.1 Å². The molecular weight excluding hydrogens is 316 g/mol. The summed E-state index contributed by atoms with van der Waals surface area (Å²) in [5.41, 5.74) is 10.6. The molecule has 0 saturated carbocycles. The lowest BCUT2D eigenvalue weighted by atomic mass is 9.89. The van der Waals surface area contributed by atoms with E-state index >= 15 is 0 Å². The van der Waals surface area contributed by atoms with E-state index in [4.69, 9.17) is 0 Å². The Morgan fingerprint density at radius 3 is 1.92 bits per heavy atom. The highest BCUT2D eigenvalue weighted by molar-refractivity contribution is 5.78. The summed E-state index contributed by atoms with van der Waals surface area (Å²) in [5, 5.41) is 0. The van der Waals surface area contributed by atoms with E-state index in [1.54, 1.807) is 0 Å². The number of rotatable bonds is 3. The minimum Gasteiger partial charge on any atom is -0.201 e. The molecule has 0 saturated heterocycles. The van der Waals surface area contributed by atoms with Gasteiger partial charge in [0.2, 0.25) is 11.4 Å². The van der Waals surface area contributed by atoms with Crippen molar-refractivity contribution < 1.29 is 9.13 Å². The van der Waals surface area contributed by atoms with E-state index in [0.29, 0.717) is 5.92 Å². The summed E-state index contributed by atoms with van der Waals surface area (Å²) in [7, 11) is 4.27. The predicted octanol–water partition coefficient (Wildman–Crippen LogP) is 4.72. The van der Waals surface area contributed by atoms with Gasteiger partial charge in [-0.25, -0.2) is 9.13 Å². The molecule has 0 bridgehead atoms. The molecule has 3 aromatic rings. The second-order valence-corrected chi connectivity index (χ2v) is 7.70. The Morgan fingerprint density at radius 2 is 1.38 bits per heavy atom. The topological polar surface area (TPSA) is 7.76 Å². The SMILES string of the molecule is Cc1cc(C)c(-c2ccc(C(C)C)c[n+]2C)c(C)c1-c1cccc[n+]1C. The monoisotopic (exact) mass is 346 g/mol. The van der Waals surface area contributed by atoms with Crippen molar-refractivity contribution in [1.29, 1.82) is 0 Å². The summed E-state index contributed by atoms with van der Waals surface area (Å²) in [5.74, 6) is 0.536. The Morgan fingerprint density at radius 1 is 0.769 bits per heavy atom. The van der Waals surface area contributed by atoms with Crippen molar-refractivity contribution in [2.75, 3.05) is 0 Å². The van der Waals surface area contributed by atoms with E-state index in [2.05, 4.69) is 107 Å². The van der Waals surface area contributed by atoms with Gasteiger partial charge in [0.1, 0.15) is 14.1 Å². The normalized spacial score (nSPS) is 11.2. The van der Waals surface area contributed by atoms with Crippen LogP contribution in [0.25, 0.3) is 22.5 Å². The molecule has 26 heavy (non-hydrogen) atoms. The second-order valence-electron chi connectivity index (χ2n) is 7.70.